The van der Waals surface area contributed by atoms with E-state index >= 15 is 0 Å². The Morgan fingerprint density at radius 3 is 2.56 bits per heavy atom. The number of amides is 2. The summed E-state index contributed by atoms with van der Waals surface area (Å²) < 4.78 is 0. The van der Waals surface area contributed by atoms with E-state index in [9.17, 15) is 9.59 Å². The van der Waals surface area contributed by atoms with Crippen LogP contribution < -0.4 is 11.1 Å². The van der Waals surface area contributed by atoms with Gasteiger partial charge < -0.3 is 11.1 Å². The molecule has 1 radical (unpaired) electrons. The fourth-order valence-electron chi connectivity index (χ4n) is 1.64. The fraction of sp³-hybridized carbons (Fsp3) is 0.357. The van der Waals surface area contributed by atoms with E-state index in [1.54, 1.807) is 0 Å². The van der Waals surface area contributed by atoms with Crippen molar-refractivity contribution in [2.75, 3.05) is 0 Å². The molecule has 1 atom stereocenters. The van der Waals surface area contributed by atoms with E-state index in [2.05, 4.69) is 5.32 Å². The largest absolute Gasteiger partial charge is 0.370 e. The van der Waals surface area contributed by atoms with Gasteiger partial charge in [-0.05, 0) is 11.5 Å². The van der Waals surface area contributed by atoms with Gasteiger partial charge in [0.05, 0.1) is 6.42 Å². The van der Waals surface area contributed by atoms with E-state index in [4.69, 9.17) is 5.73 Å². The molecule has 1 unspecified atom stereocenters. The van der Waals surface area contributed by atoms with Gasteiger partial charge in [0.2, 0.25) is 11.8 Å². The first-order chi connectivity index (χ1) is 8.61. The van der Waals surface area contributed by atoms with Crippen LogP contribution in [0, 0.1) is 12.3 Å². The van der Waals surface area contributed by atoms with Crippen LogP contribution in [0.1, 0.15) is 25.3 Å². The van der Waals surface area contributed by atoms with E-state index in [1.807, 2.05) is 37.3 Å². The van der Waals surface area contributed by atoms with Crippen molar-refractivity contribution in [1.82, 2.24) is 5.32 Å². The number of nitrogens with two attached hydrogens (primary N) is 1. The Kier molecular flexibility index (Phi) is 5.91. The molecule has 0 aliphatic heterocycles. The highest BCUT2D eigenvalue weighted by atomic mass is 16.2. The quantitative estimate of drug-likeness (QED) is 0.764. The Hall–Kier alpha value is -1.84. The molecule has 4 heteroatoms. The third kappa shape index (κ3) is 5.48. The summed E-state index contributed by atoms with van der Waals surface area (Å²) >= 11 is 0. The average molecular weight is 247 g/mol. The summed E-state index contributed by atoms with van der Waals surface area (Å²) in [6.07, 6.45) is 2.48. The Labute approximate surface area is 108 Å². The molecule has 0 aromatic heterocycles. The first kappa shape index (κ1) is 14.2. The molecule has 2 amide bonds. The number of hydrogen-bond acceptors (Lipinski definition) is 2. The van der Waals surface area contributed by atoms with Crippen molar-refractivity contribution >= 4 is 11.8 Å². The highest BCUT2D eigenvalue weighted by molar-refractivity contribution is 5.86. The van der Waals surface area contributed by atoms with Crippen molar-refractivity contribution in [2.45, 2.75) is 26.3 Å². The van der Waals surface area contributed by atoms with Gasteiger partial charge in [0.25, 0.3) is 0 Å². The minimum absolute atomic E-state index is 0.0849. The molecule has 1 rings (SSSR count). The zero-order valence-corrected chi connectivity index (χ0v) is 10.6. The molecule has 1 aromatic rings. The van der Waals surface area contributed by atoms with Gasteiger partial charge in [-0.3, -0.25) is 9.59 Å². The number of nitrogens with one attached hydrogen (secondary N) is 1. The van der Waals surface area contributed by atoms with Crippen molar-refractivity contribution in [2.24, 2.45) is 11.7 Å². The lowest BCUT2D eigenvalue weighted by Gasteiger charge is -2.12. The van der Waals surface area contributed by atoms with Crippen LogP contribution >= 0.6 is 0 Å². The third-order valence-electron chi connectivity index (χ3n) is 2.68. The monoisotopic (exact) mass is 247 g/mol. The molecule has 0 fully saturated rings. The minimum Gasteiger partial charge on any atom is -0.370 e. The molecule has 0 aliphatic carbocycles. The number of hydrogen-bond donors (Lipinski definition) is 2. The molecule has 0 saturated heterocycles. The Morgan fingerprint density at radius 1 is 1.33 bits per heavy atom. The van der Waals surface area contributed by atoms with Crippen LogP contribution in [0.5, 0.6) is 0 Å². The molecule has 1 aromatic carbocycles. The van der Waals surface area contributed by atoms with E-state index < -0.39 is 0 Å². The van der Waals surface area contributed by atoms with E-state index in [-0.39, 0.29) is 24.2 Å². The summed E-state index contributed by atoms with van der Waals surface area (Å²) in [6, 6.07) is 9.67. The molecule has 0 saturated carbocycles. The molecule has 97 valence electrons. The molecule has 3 N–H and O–H groups in total. The second-order valence-electron chi connectivity index (χ2n) is 4.21. The van der Waals surface area contributed by atoms with Gasteiger partial charge in [-0.25, -0.2) is 0 Å². The Morgan fingerprint density at radius 2 is 2.00 bits per heavy atom. The van der Waals surface area contributed by atoms with Gasteiger partial charge in [0.1, 0.15) is 0 Å². The average Bonchev–Trinajstić information content (AvgIpc) is 2.36. The van der Waals surface area contributed by atoms with E-state index in [0.29, 0.717) is 6.54 Å². The van der Waals surface area contributed by atoms with Crippen molar-refractivity contribution in [1.29, 1.82) is 0 Å². The van der Waals surface area contributed by atoms with Gasteiger partial charge in [0.15, 0.2) is 0 Å². The topological polar surface area (TPSA) is 72.2 Å². The highest BCUT2D eigenvalue weighted by Gasteiger charge is 2.14. The summed E-state index contributed by atoms with van der Waals surface area (Å²) in [5.74, 6) is -0.626. The maximum Gasteiger partial charge on any atom is 0.224 e. The van der Waals surface area contributed by atoms with Crippen LogP contribution in [-0.2, 0) is 16.1 Å². The first-order valence-corrected chi connectivity index (χ1v) is 6.06. The second-order valence-corrected chi connectivity index (χ2v) is 4.21. The zero-order valence-electron chi connectivity index (χ0n) is 10.6. The molecule has 0 bridgehead atoms. The predicted octanol–water partition coefficient (Wildman–Crippen LogP) is 1.41. The first-order valence-electron chi connectivity index (χ1n) is 6.06. The van der Waals surface area contributed by atoms with E-state index in [1.165, 1.54) is 6.42 Å². The van der Waals surface area contributed by atoms with Crippen LogP contribution in [0.25, 0.3) is 0 Å². The van der Waals surface area contributed by atoms with Crippen LogP contribution in [0.15, 0.2) is 30.3 Å². The standard InChI is InChI=1S/C14H19N2O2/c1-2-11(8-13(15)17)9-14(18)16-10-12-6-4-3-5-7-12/h3-7,9,11H,2,8,10H2,1H3,(H2,15,17)(H,16,18). The van der Waals surface area contributed by atoms with Gasteiger partial charge in [-0.15, -0.1) is 0 Å². The van der Waals surface area contributed by atoms with Gasteiger partial charge >= 0.3 is 0 Å². The lowest BCUT2D eigenvalue weighted by molar-refractivity contribution is -0.119. The second kappa shape index (κ2) is 7.48. The number of carbonyl (C=O) groups excluding carboxylic acids is 2. The Balaban J connectivity index is 2.34. The van der Waals surface area contributed by atoms with Crippen LogP contribution in [0.4, 0.5) is 0 Å². The van der Waals surface area contributed by atoms with Crippen molar-refractivity contribution in [3.63, 3.8) is 0 Å². The summed E-state index contributed by atoms with van der Waals surface area (Å²) in [6.45, 7) is 2.41. The summed E-state index contributed by atoms with van der Waals surface area (Å²) in [5.41, 5.74) is 6.16. The third-order valence-corrected chi connectivity index (χ3v) is 2.68. The SMILES string of the molecule is CCC([CH]C(=O)NCc1ccccc1)CC(N)=O. The summed E-state index contributed by atoms with van der Waals surface area (Å²) in [7, 11) is 0. The van der Waals surface area contributed by atoms with Gasteiger partial charge in [-0.1, -0.05) is 43.7 Å². The van der Waals surface area contributed by atoms with Crippen molar-refractivity contribution in [3.8, 4) is 0 Å². The maximum atomic E-state index is 11.6. The lowest BCUT2D eigenvalue weighted by atomic mass is 9.98. The van der Waals surface area contributed by atoms with Crippen LogP contribution in [0.2, 0.25) is 0 Å². The normalized spacial score (nSPS) is 11.8. The summed E-state index contributed by atoms with van der Waals surface area (Å²) in [4.78, 5) is 22.4. The lowest BCUT2D eigenvalue weighted by Crippen LogP contribution is -2.27. The molecule has 0 spiro atoms. The molecular formula is C14H19N2O2. The molecule has 18 heavy (non-hydrogen) atoms. The number of primary amides is 1. The van der Waals surface area contributed by atoms with Crippen molar-refractivity contribution < 1.29 is 9.59 Å². The van der Waals surface area contributed by atoms with Crippen molar-refractivity contribution in [3.05, 3.63) is 42.3 Å². The smallest absolute Gasteiger partial charge is 0.224 e. The maximum absolute atomic E-state index is 11.6. The van der Waals surface area contributed by atoms with Crippen LogP contribution in [0.3, 0.4) is 0 Å². The minimum atomic E-state index is -0.381. The molecular weight excluding hydrogens is 228 g/mol. The Bertz CT molecular complexity index is 390. The molecule has 0 aliphatic rings. The fourth-order valence-corrected chi connectivity index (χ4v) is 1.64. The van der Waals surface area contributed by atoms with E-state index in [0.717, 1.165) is 12.0 Å². The highest BCUT2D eigenvalue weighted by Crippen LogP contribution is 2.11. The number of carbonyl (C=O) groups is 2. The predicted molar refractivity (Wildman–Crippen MR) is 70.2 cm³/mol. The van der Waals surface area contributed by atoms with Crippen LogP contribution in [-0.4, -0.2) is 11.8 Å². The molecule has 0 heterocycles. The number of rotatable bonds is 7. The van der Waals surface area contributed by atoms with Gasteiger partial charge in [-0.2, -0.15) is 0 Å². The molecule has 4 nitrogen and oxygen atoms in total. The summed E-state index contributed by atoms with van der Waals surface area (Å²) in [5, 5.41) is 2.79. The number of benzene rings is 1. The van der Waals surface area contributed by atoms with Gasteiger partial charge in [0, 0.05) is 13.0 Å². The zero-order chi connectivity index (χ0) is 13.4.